The van der Waals surface area contributed by atoms with Crippen LogP contribution in [0.1, 0.15) is 22.8 Å². The Bertz CT molecular complexity index is 611. The Hall–Kier alpha value is -0.840. The standard InChI is InChI=1S/C16H16Br2O2/c1-10-3-4-11(8-14(10)18)15(19)9-12-7-13(17)5-6-16(12)20-2/h3-8,15,19H,9H2,1-2H3. The summed E-state index contributed by atoms with van der Waals surface area (Å²) in [6, 6.07) is 11.7. The van der Waals surface area contributed by atoms with Crippen molar-refractivity contribution in [1.82, 2.24) is 0 Å². The molecule has 1 N–H and O–H groups in total. The van der Waals surface area contributed by atoms with E-state index in [1.165, 1.54) is 0 Å². The van der Waals surface area contributed by atoms with Crippen LogP contribution >= 0.6 is 31.9 Å². The van der Waals surface area contributed by atoms with Crippen molar-refractivity contribution in [3.05, 3.63) is 62.0 Å². The zero-order valence-corrected chi connectivity index (χ0v) is 14.5. The zero-order valence-electron chi connectivity index (χ0n) is 11.4. The van der Waals surface area contributed by atoms with Crippen molar-refractivity contribution in [2.45, 2.75) is 19.4 Å². The van der Waals surface area contributed by atoms with Crippen LogP contribution in [0, 0.1) is 6.92 Å². The van der Waals surface area contributed by atoms with E-state index in [0.717, 1.165) is 31.4 Å². The molecule has 0 saturated heterocycles. The molecule has 1 unspecified atom stereocenters. The van der Waals surface area contributed by atoms with Gasteiger partial charge in [-0.15, -0.1) is 0 Å². The minimum Gasteiger partial charge on any atom is -0.496 e. The van der Waals surface area contributed by atoms with E-state index in [9.17, 15) is 5.11 Å². The van der Waals surface area contributed by atoms with Crippen molar-refractivity contribution < 1.29 is 9.84 Å². The van der Waals surface area contributed by atoms with Crippen LogP contribution in [0.3, 0.4) is 0 Å². The average Bonchev–Trinajstić information content (AvgIpc) is 2.42. The number of aryl methyl sites for hydroxylation is 1. The van der Waals surface area contributed by atoms with Crippen LogP contribution in [0.4, 0.5) is 0 Å². The molecule has 4 heteroatoms. The highest BCUT2D eigenvalue weighted by molar-refractivity contribution is 9.10. The SMILES string of the molecule is COc1ccc(Br)cc1CC(O)c1ccc(C)c(Br)c1. The Morgan fingerprint density at radius 1 is 1.15 bits per heavy atom. The average molecular weight is 400 g/mol. The van der Waals surface area contributed by atoms with Gasteiger partial charge in [0.15, 0.2) is 0 Å². The molecule has 106 valence electrons. The van der Waals surface area contributed by atoms with Gasteiger partial charge < -0.3 is 9.84 Å². The normalized spacial score (nSPS) is 12.2. The zero-order chi connectivity index (χ0) is 14.7. The highest BCUT2D eigenvalue weighted by atomic mass is 79.9. The molecular formula is C16H16Br2O2. The van der Waals surface area contributed by atoms with Crippen molar-refractivity contribution in [3.8, 4) is 5.75 Å². The first kappa shape index (κ1) is 15.5. The summed E-state index contributed by atoms with van der Waals surface area (Å²) >= 11 is 6.94. The molecule has 2 aromatic carbocycles. The lowest BCUT2D eigenvalue weighted by Crippen LogP contribution is -2.04. The lowest BCUT2D eigenvalue weighted by molar-refractivity contribution is 0.177. The molecule has 0 aromatic heterocycles. The van der Waals surface area contributed by atoms with Gasteiger partial charge in [-0.3, -0.25) is 0 Å². The van der Waals surface area contributed by atoms with E-state index in [2.05, 4.69) is 31.9 Å². The fraction of sp³-hybridized carbons (Fsp3) is 0.250. The van der Waals surface area contributed by atoms with E-state index in [-0.39, 0.29) is 0 Å². The van der Waals surface area contributed by atoms with Crippen molar-refractivity contribution in [1.29, 1.82) is 0 Å². The van der Waals surface area contributed by atoms with Gasteiger partial charge in [-0.1, -0.05) is 44.0 Å². The number of aliphatic hydroxyl groups is 1. The third-order valence-corrected chi connectivity index (χ3v) is 4.58. The van der Waals surface area contributed by atoms with Gasteiger partial charge in [0, 0.05) is 15.4 Å². The lowest BCUT2D eigenvalue weighted by atomic mass is 10.00. The molecule has 20 heavy (non-hydrogen) atoms. The number of hydrogen-bond donors (Lipinski definition) is 1. The fourth-order valence-electron chi connectivity index (χ4n) is 2.05. The maximum atomic E-state index is 10.4. The molecule has 0 aliphatic rings. The Kier molecular flexibility index (Phi) is 5.24. The Morgan fingerprint density at radius 2 is 1.90 bits per heavy atom. The first-order valence-electron chi connectivity index (χ1n) is 6.28. The molecule has 0 fully saturated rings. The molecule has 0 aliphatic carbocycles. The quantitative estimate of drug-likeness (QED) is 0.799. The van der Waals surface area contributed by atoms with Gasteiger partial charge in [0.1, 0.15) is 5.75 Å². The van der Waals surface area contributed by atoms with Gasteiger partial charge in [-0.2, -0.15) is 0 Å². The van der Waals surface area contributed by atoms with Crippen molar-refractivity contribution in [2.75, 3.05) is 7.11 Å². The largest absolute Gasteiger partial charge is 0.496 e. The van der Waals surface area contributed by atoms with Gasteiger partial charge in [0.25, 0.3) is 0 Å². The van der Waals surface area contributed by atoms with Crippen LogP contribution < -0.4 is 4.74 Å². The smallest absolute Gasteiger partial charge is 0.122 e. The van der Waals surface area contributed by atoms with Gasteiger partial charge in [0.2, 0.25) is 0 Å². The number of methoxy groups -OCH3 is 1. The summed E-state index contributed by atoms with van der Waals surface area (Å²) in [5, 5.41) is 10.4. The number of ether oxygens (including phenoxy) is 1. The first-order valence-corrected chi connectivity index (χ1v) is 7.86. The van der Waals surface area contributed by atoms with Gasteiger partial charge in [0.05, 0.1) is 13.2 Å². The number of hydrogen-bond acceptors (Lipinski definition) is 2. The third-order valence-electron chi connectivity index (χ3n) is 3.24. The molecule has 0 saturated carbocycles. The maximum Gasteiger partial charge on any atom is 0.122 e. The van der Waals surface area contributed by atoms with Gasteiger partial charge in [-0.05, 0) is 47.9 Å². The van der Waals surface area contributed by atoms with Crippen LogP contribution in [0.15, 0.2) is 45.3 Å². The molecular weight excluding hydrogens is 384 g/mol. The second-order valence-electron chi connectivity index (χ2n) is 4.68. The van der Waals surface area contributed by atoms with E-state index >= 15 is 0 Å². The molecule has 2 rings (SSSR count). The first-order chi connectivity index (χ1) is 9.51. The van der Waals surface area contributed by atoms with Crippen LogP contribution in [0.2, 0.25) is 0 Å². The summed E-state index contributed by atoms with van der Waals surface area (Å²) in [6.07, 6.45) is -0.0481. The predicted octanol–water partition coefficient (Wildman–Crippen LogP) is 4.80. The van der Waals surface area contributed by atoms with E-state index in [1.807, 2.05) is 43.3 Å². The van der Waals surface area contributed by atoms with Crippen LogP contribution in [0.5, 0.6) is 5.75 Å². The highest BCUT2D eigenvalue weighted by Gasteiger charge is 2.13. The molecule has 0 aliphatic heterocycles. The maximum absolute atomic E-state index is 10.4. The summed E-state index contributed by atoms with van der Waals surface area (Å²) in [7, 11) is 1.64. The van der Waals surface area contributed by atoms with E-state index in [4.69, 9.17) is 4.74 Å². The molecule has 2 nitrogen and oxygen atoms in total. The lowest BCUT2D eigenvalue weighted by Gasteiger charge is -2.15. The van der Waals surface area contributed by atoms with Crippen molar-refractivity contribution in [3.63, 3.8) is 0 Å². The molecule has 0 amide bonds. The second-order valence-corrected chi connectivity index (χ2v) is 6.45. The summed E-state index contributed by atoms with van der Waals surface area (Å²) < 4.78 is 7.33. The summed E-state index contributed by atoms with van der Waals surface area (Å²) in [6.45, 7) is 2.03. The predicted molar refractivity (Wildman–Crippen MR) is 88.2 cm³/mol. The third kappa shape index (κ3) is 3.62. The molecule has 2 aromatic rings. The van der Waals surface area contributed by atoms with E-state index in [0.29, 0.717) is 6.42 Å². The number of halogens is 2. The van der Waals surface area contributed by atoms with Crippen LogP contribution in [-0.2, 0) is 6.42 Å². The van der Waals surface area contributed by atoms with Crippen LogP contribution in [0.25, 0.3) is 0 Å². The fourth-order valence-corrected chi connectivity index (χ4v) is 2.85. The summed E-state index contributed by atoms with van der Waals surface area (Å²) in [5.74, 6) is 0.790. The van der Waals surface area contributed by atoms with Gasteiger partial charge in [-0.25, -0.2) is 0 Å². The van der Waals surface area contributed by atoms with E-state index < -0.39 is 6.10 Å². The second kappa shape index (κ2) is 6.74. The minimum absolute atomic E-state index is 0.512. The molecule has 0 radical (unpaired) electrons. The summed E-state index contributed by atoms with van der Waals surface area (Å²) in [4.78, 5) is 0. The van der Waals surface area contributed by atoms with Crippen molar-refractivity contribution in [2.24, 2.45) is 0 Å². The Labute approximate surface area is 136 Å². The molecule has 0 bridgehead atoms. The van der Waals surface area contributed by atoms with E-state index in [1.54, 1.807) is 7.11 Å². The Balaban J connectivity index is 2.24. The number of aliphatic hydroxyl groups excluding tert-OH is 1. The topological polar surface area (TPSA) is 29.5 Å². The Morgan fingerprint density at radius 3 is 2.55 bits per heavy atom. The number of rotatable bonds is 4. The molecule has 1 atom stereocenters. The molecule has 0 heterocycles. The van der Waals surface area contributed by atoms with Gasteiger partial charge >= 0.3 is 0 Å². The van der Waals surface area contributed by atoms with Crippen LogP contribution in [-0.4, -0.2) is 12.2 Å². The minimum atomic E-state index is -0.560. The van der Waals surface area contributed by atoms with Crippen molar-refractivity contribution >= 4 is 31.9 Å². The highest BCUT2D eigenvalue weighted by Crippen LogP contribution is 2.29. The monoisotopic (exact) mass is 398 g/mol. The molecule has 0 spiro atoms. The number of benzene rings is 2. The summed E-state index contributed by atoms with van der Waals surface area (Å²) in [5.41, 5.74) is 3.02.